The summed E-state index contributed by atoms with van der Waals surface area (Å²) < 4.78 is 103. The predicted molar refractivity (Wildman–Crippen MR) is 315 cm³/mol. The average Bonchev–Trinajstić information content (AvgIpc) is 1.55. The number of rotatable bonds is 15. The van der Waals surface area contributed by atoms with E-state index in [1.165, 1.54) is 12.1 Å². The fraction of sp³-hybridized carbons (Fsp3) is 0.290. The number of halogens is 6. The van der Waals surface area contributed by atoms with Gasteiger partial charge in [-0.25, -0.2) is 34.3 Å². The van der Waals surface area contributed by atoms with Crippen molar-refractivity contribution in [3.05, 3.63) is 142 Å². The van der Waals surface area contributed by atoms with E-state index in [4.69, 9.17) is 64.9 Å². The molecular formula is C62H52F6N8O21. The molecule has 4 aliphatic heterocycles. The van der Waals surface area contributed by atoms with E-state index in [0.29, 0.717) is 94.0 Å². The van der Waals surface area contributed by atoms with Gasteiger partial charge in [-0.05, 0) is 97.8 Å². The fourth-order valence-corrected chi connectivity index (χ4v) is 10.9. The Hall–Kier alpha value is -11.5. The van der Waals surface area contributed by atoms with E-state index in [-0.39, 0.29) is 47.7 Å². The Labute approximate surface area is 538 Å². The molecular weight excluding hydrogens is 1310 g/mol. The monoisotopic (exact) mass is 1360 g/mol. The van der Waals surface area contributed by atoms with Crippen LogP contribution in [0, 0.1) is 0 Å². The predicted octanol–water partition coefficient (Wildman–Crippen LogP) is 7.31. The topological polar surface area (TPSA) is 463 Å². The lowest BCUT2D eigenvalue weighted by Crippen LogP contribution is -2.22. The van der Waals surface area contributed by atoms with Crippen LogP contribution in [0.25, 0.3) is 22.1 Å². The standard InChI is InChI=1S/2C25H17F3N4O3.3C4H6O5/c2*26-25(27,28)11-1-4-15-16(9-11)31-24(30-15)21-20-14-10-12(2-5-17(14)35-22(20)21)34-18-7-8-29-23-13(18)3-6-19(33)32-23;3*5-2(4(8)9)1-3(6)7/h2*1-2,4-5,7-10,20-22H,3,6H2,(H,30,31)(H,29,32,33);3*2,5H,1H2,(H,6,7)(H,8,9)/t2*20-,21-,22-;;;/m00.../s1. The van der Waals surface area contributed by atoms with Crippen molar-refractivity contribution in [3.63, 3.8) is 0 Å². The summed E-state index contributed by atoms with van der Waals surface area (Å²) in [6.07, 6.45) is -11.7. The van der Waals surface area contributed by atoms with Crippen LogP contribution >= 0.6 is 0 Å². The van der Waals surface area contributed by atoms with Crippen LogP contribution in [-0.4, -0.2) is 154 Å². The number of carboxylic acids is 6. The number of pyridine rings is 2. The number of H-pyrrole nitrogens is 2. The van der Waals surface area contributed by atoms with Crippen LogP contribution in [0.15, 0.2) is 97.3 Å². The number of nitrogens with zero attached hydrogens (tertiary/aromatic N) is 4. The molecule has 8 aromatic rings. The van der Waals surface area contributed by atoms with Crippen LogP contribution in [0.2, 0.25) is 0 Å². The molecule has 9 atom stereocenters. The molecule has 3 unspecified atom stereocenters. The molecule has 508 valence electrons. The molecule has 6 aliphatic rings. The quantitative estimate of drug-likeness (QED) is 0.0447. The maximum Gasteiger partial charge on any atom is 0.416 e. The van der Waals surface area contributed by atoms with Gasteiger partial charge in [0.15, 0.2) is 18.3 Å². The molecule has 2 amide bonds. The lowest BCUT2D eigenvalue weighted by Gasteiger charge is -2.19. The molecule has 13 N–H and O–H groups in total. The molecule has 29 nitrogen and oxygen atoms in total. The molecule has 0 spiro atoms. The second-order valence-corrected chi connectivity index (χ2v) is 22.3. The Balaban J connectivity index is 0.000000154. The summed E-state index contributed by atoms with van der Waals surface area (Å²) in [5.74, 6) is -2.39. The number of nitrogens with one attached hydrogen (secondary N) is 4. The number of alkyl halides is 6. The van der Waals surface area contributed by atoms with Crippen molar-refractivity contribution in [1.29, 1.82) is 0 Å². The van der Waals surface area contributed by atoms with Crippen molar-refractivity contribution in [2.75, 3.05) is 10.6 Å². The Morgan fingerprint density at radius 3 is 1.18 bits per heavy atom. The summed E-state index contributed by atoms with van der Waals surface area (Å²) in [7, 11) is 0. The number of ether oxygens (including phenoxy) is 4. The number of anilines is 2. The number of carbonyl (C=O) groups is 8. The van der Waals surface area contributed by atoms with E-state index < -0.39 is 96.9 Å². The van der Waals surface area contributed by atoms with Gasteiger partial charge in [-0.3, -0.25) is 24.0 Å². The number of hydrogen-bond donors (Lipinski definition) is 13. The number of aliphatic hydroxyl groups excluding tert-OH is 3. The SMILES string of the molecule is O=C(O)CC(O)C(=O)O.O=C(O)CC(O)C(=O)O.O=C(O)CC(O)C(=O)O.O=C1CCc2c(Oc3ccc4c(c3)[C@@H]3[C@H](O4)[C@H]3c3nc4ccc(C(F)(F)F)cc4[nH]3)ccnc2N1.O=C1CCc2c(Oc3ccc4c(c3)[C@@H]3[C@H](O4)[C@H]3c3nc4ccc(C(F)(F)F)cc4[nH]3)ccnc2N1. The Bertz CT molecular complexity index is 4140. The van der Waals surface area contributed by atoms with Crippen LogP contribution in [0.3, 0.4) is 0 Å². The first-order chi connectivity index (χ1) is 45.8. The number of carbonyl (C=O) groups excluding carboxylic acids is 2. The third-order valence-corrected chi connectivity index (χ3v) is 15.6. The normalized spacial score (nSPS) is 19.5. The number of aliphatic carboxylic acids is 6. The first-order valence-corrected chi connectivity index (χ1v) is 28.9. The molecule has 97 heavy (non-hydrogen) atoms. The second-order valence-electron chi connectivity index (χ2n) is 22.3. The van der Waals surface area contributed by atoms with Crippen molar-refractivity contribution in [1.82, 2.24) is 29.9 Å². The molecule has 0 radical (unpaired) electrons. The molecule has 0 bridgehead atoms. The van der Waals surface area contributed by atoms with E-state index in [1.54, 1.807) is 24.5 Å². The minimum atomic E-state index is -4.41. The van der Waals surface area contributed by atoms with Crippen molar-refractivity contribution in [3.8, 4) is 34.5 Å². The summed E-state index contributed by atoms with van der Waals surface area (Å²) in [5.41, 5.74) is 3.93. The van der Waals surface area contributed by atoms with E-state index >= 15 is 0 Å². The van der Waals surface area contributed by atoms with Gasteiger partial charge in [0.2, 0.25) is 11.8 Å². The van der Waals surface area contributed by atoms with Gasteiger partial charge in [-0.2, -0.15) is 26.3 Å². The first-order valence-electron chi connectivity index (χ1n) is 28.9. The summed E-state index contributed by atoms with van der Waals surface area (Å²) in [4.78, 5) is 105. The van der Waals surface area contributed by atoms with Gasteiger partial charge in [0.25, 0.3) is 0 Å². The lowest BCUT2D eigenvalue weighted by molar-refractivity contribution is -0.153. The number of benzene rings is 4. The van der Waals surface area contributed by atoms with Gasteiger partial charge in [-0.15, -0.1) is 0 Å². The molecule has 2 saturated carbocycles. The Morgan fingerprint density at radius 2 is 0.856 bits per heavy atom. The lowest BCUT2D eigenvalue weighted by atomic mass is 10.1. The van der Waals surface area contributed by atoms with Crippen molar-refractivity contribution in [2.24, 2.45) is 0 Å². The van der Waals surface area contributed by atoms with E-state index in [9.17, 15) is 64.7 Å². The number of aliphatic hydroxyl groups is 3. The van der Waals surface area contributed by atoms with Crippen LogP contribution in [0.5, 0.6) is 34.5 Å². The van der Waals surface area contributed by atoms with Crippen molar-refractivity contribution >= 4 is 81.3 Å². The zero-order chi connectivity index (χ0) is 70.1. The van der Waals surface area contributed by atoms with E-state index in [1.807, 2.05) is 36.4 Å². The molecule has 2 fully saturated rings. The average molecular weight is 1360 g/mol. The number of aromatic nitrogens is 6. The maximum absolute atomic E-state index is 13.1. The summed E-state index contributed by atoms with van der Waals surface area (Å²) in [6.45, 7) is 0. The van der Waals surface area contributed by atoms with Crippen LogP contribution < -0.4 is 29.6 Å². The van der Waals surface area contributed by atoms with Gasteiger partial charge in [0.05, 0.1) is 64.3 Å². The molecule has 8 heterocycles. The number of fused-ring (bicyclic) bond motifs is 10. The largest absolute Gasteiger partial charge is 0.489 e. The van der Waals surface area contributed by atoms with Crippen LogP contribution in [-0.2, 0) is 63.6 Å². The zero-order valence-electron chi connectivity index (χ0n) is 49.4. The van der Waals surface area contributed by atoms with Gasteiger partial charge in [0, 0.05) is 59.3 Å². The molecule has 35 heteroatoms. The highest BCUT2D eigenvalue weighted by Gasteiger charge is 2.62. The maximum atomic E-state index is 13.1. The van der Waals surface area contributed by atoms with Gasteiger partial charge in [0.1, 0.15) is 70.0 Å². The third kappa shape index (κ3) is 15.9. The Morgan fingerprint density at radius 1 is 0.495 bits per heavy atom. The van der Waals surface area contributed by atoms with E-state index in [0.717, 1.165) is 58.0 Å². The number of amides is 2. The highest BCUT2D eigenvalue weighted by Crippen LogP contribution is 2.64. The van der Waals surface area contributed by atoms with Crippen LogP contribution in [0.1, 0.15) is 101 Å². The second kappa shape index (κ2) is 27.5. The summed E-state index contributed by atoms with van der Waals surface area (Å²) >= 11 is 0. The highest BCUT2D eigenvalue weighted by atomic mass is 19.4. The van der Waals surface area contributed by atoms with Crippen molar-refractivity contribution < 1.29 is 130 Å². The van der Waals surface area contributed by atoms with E-state index in [2.05, 4.69) is 40.5 Å². The van der Waals surface area contributed by atoms with Gasteiger partial charge < -0.3 is 85.5 Å². The third-order valence-electron chi connectivity index (χ3n) is 15.6. The highest BCUT2D eigenvalue weighted by molar-refractivity contribution is 5.94. The minimum absolute atomic E-state index is 0.0434. The number of hydrogen-bond acceptors (Lipinski definition) is 19. The smallest absolute Gasteiger partial charge is 0.416 e. The number of imidazole rings is 2. The fourth-order valence-electron chi connectivity index (χ4n) is 10.9. The molecule has 4 aromatic carbocycles. The number of aromatic amines is 2. The molecule has 14 rings (SSSR count). The summed E-state index contributed by atoms with van der Waals surface area (Å²) in [5, 5.41) is 78.0. The molecule has 4 aromatic heterocycles. The first kappa shape index (κ1) is 68.4. The molecule has 2 aliphatic carbocycles. The van der Waals surface area contributed by atoms with Crippen LogP contribution in [0.4, 0.5) is 38.0 Å². The summed E-state index contributed by atoms with van der Waals surface area (Å²) in [6, 6.07) is 21.8. The van der Waals surface area contributed by atoms with Gasteiger partial charge >= 0.3 is 48.2 Å². The zero-order valence-corrected chi connectivity index (χ0v) is 49.4. The minimum Gasteiger partial charge on any atom is -0.489 e. The van der Waals surface area contributed by atoms with Gasteiger partial charge in [-0.1, -0.05) is 0 Å². The van der Waals surface area contributed by atoms with Crippen molar-refractivity contribution in [2.45, 2.75) is 111 Å². The molecule has 0 saturated heterocycles. The Kier molecular flexibility index (Phi) is 19.4. The number of carboxylic acid groups (broad SMARTS) is 6.